The smallest absolute Gasteiger partial charge is 0.161 e. The molecule has 13 heavy (non-hydrogen) atoms. The van der Waals surface area contributed by atoms with Gasteiger partial charge >= 0.3 is 0 Å². The molecule has 0 radical (unpaired) electrons. The van der Waals surface area contributed by atoms with Crippen LogP contribution in [0.15, 0.2) is 12.1 Å². The van der Waals surface area contributed by atoms with Crippen molar-refractivity contribution >= 4 is 0 Å². The zero-order chi connectivity index (χ0) is 9.26. The molecule has 0 spiro atoms. The average Bonchev–Trinajstić information content (AvgIpc) is 2.31. The SMILES string of the molecule is Cc1cc2c(cc1C)OCCCO2. The van der Waals surface area contributed by atoms with Crippen molar-refractivity contribution in [2.75, 3.05) is 13.2 Å². The van der Waals surface area contributed by atoms with Crippen LogP contribution in [-0.4, -0.2) is 13.2 Å². The highest BCUT2D eigenvalue weighted by molar-refractivity contribution is 5.46. The summed E-state index contributed by atoms with van der Waals surface area (Å²) < 4.78 is 11.1. The van der Waals surface area contributed by atoms with Crippen LogP contribution in [0.5, 0.6) is 11.5 Å². The summed E-state index contributed by atoms with van der Waals surface area (Å²) in [5, 5.41) is 0. The Bertz CT molecular complexity index is 287. The van der Waals surface area contributed by atoms with Gasteiger partial charge in [-0.1, -0.05) is 0 Å². The van der Waals surface area contributed by atoms with E-state index in [0.29, 0.717) is 0 Å². The van der Waals surface area contributed by atoms with Gasteiger partial charge in [-0.2, -0.15) is 0 Å². The molecule has 2 nitrogen and oxygen atoms in total. The van der Waals surface area contributed by atoms with Gasteiger partial charge in [0.05, 0.1) is 13.2 Å². The molecular weight excluding hydrogens is 164 g/mol. The lowest BCUT2D eigenvalue weighted by atomic mass is 10.1. The first-order valence-corrected chi connectivity index (χ1v) is 4.64. The average molecular weight is 178 g/mol. The predicted molar refractivity (Wildman–Crippen MR) is 51.5 cm³/mol. The largest absolute Gasteiger partial charge is 0.490 e. The van der Waals surface area contributed by atoms with E-state index in [2.05, 4.69) is 26.0 Å². The number of aryl methyl sites for hydroxylation is 2. The fourth-order valence-electron chi connectivity index (χ4n) is 1.41. The van der Waals surface area contributed by atoms with Crippen LogP contribution in [0.2, 0.25) is 0 Å². The van der Waals surface area contributed by atoms with Crippen molar-refractivity contribution in [3.63, 3.8) is 0 Å². The molecule has 0 fully saturated rings. The molecule has 0 aliphatic carbocycles. The van der Waals surface area contributed by atoms with E-state index in [4.69, 9.17) is 9.47 Å². The van der Waals surface area contributed by atoms with Crippen LogP contribution in [0, 0.1) is 13.8 Å². The Kier molecular flexibility index (Phi) is 2.13. The molecule has 1 aliphatic heterocycles. The highest BCUT2D eigenvalue weighted by atomic mass is 16.5. The zero-order valence-corrected chi connectivity index (χ0v) is 8.09. The molecule has 0 saturated heterocycles. The van der Waals surface area contributed by atoms with E-state index in [1.165, 1.54) is 11.1 Å². The minimum Gasteiger partial charge on any atom is -0.490 e. The maximum atomic E-state index is 5.56. The molecule has 0 N–H and O–H groups in total. The highest BCUT2D eigenvalue weighted by Crippen LogP contribution is 2.32. The Morgan fingerprint density at radius 1 is 0.923 bits per heavy atom. The number of fused-ring (bicyclic) bond motifs is 1. The van der Waals surface area contributed by atoms with Crippen LogP contribution in [0.3, 0.4) is 0 Å². The number of hydrogen-bond donors (Lipinski definition) is 0. The Morgan fingerprint density at radius 2 is 1.38 bits per heavy atom. The van der Waals surface area contributed by atoms with Gasteiger partial charge in [0.1, 0.15) is 0 Å². The Labute approximate surface area is 78.5 Å². The summed E-state index contributed by atoms with van der Waals surface area (Å²) in [6.45, 7) is 5.69. The summed E-state index contributed by atoms with van der Waals surface area (Å²) in [7, 11) is 0. The van der Waals surface area contributed by atoms with Crippen LogP contribution in [0.4, 0.5) is 0 Å². The normalized spacial score (nSPS) is 15.2. The topological polar surface area (TPSA) is 18.5 Å². The van der Waals surface area contributed by atoms with E-state index in [1.807, 2.05) is 0 Å². The molecule has 1 aliphatic rings. The maximum absolute atomic E-state index is 5.56. The van der Waals surface area contributed by atoms with E-state index in [9.17, 15) is 0 Å². The van der Waals surface area contributed by atoms with Crippen LogP contribution >= 0.6 is 0 Å². The number of rotatable bonds is 0. The van der Waals surface area contributed by atoms with Crippen molar-refractivity contribution < 1.29 is 9.47 Å². The number of benzene rings is 1. The van der Waals surface area contributed by atoms with Gasteiger partial charge in [-0.15, -0.1) is 0 Å². The quantitative estimate of drug-likeness (QED) is 0.607. The lowest BCUT2D eigenvalue weighted by molar-refractivity contribution is 0.297. The lowest BCUT2D eigenvalue weighted by Gasteiger charge is -2.09. The highest BCUT2D eigenvalue weighted by Gasteiger charge is 2.10. The first-order chi connectivity index (χ1) is 6.27. The standard InChI is InChI=1S/C11H14O2/c1-8-6-10-11(7-9(8)2)13-5-3-4-12-10/h6-7H,3-5H2,1-2H3. The molecule has 1 aromatic carbocycles. The molecule has 1 heterocycles. The van der Waals surface area contributed by atoms with Crippen molar-refractivity contribution in [3.05, 3.63) is 23.3 Å². The van der Waals surface area contributed by atoms with Gasteiger partial charge < -0.3 is 9.47 Å². The summed E-state index contributed by atoms with van der Waals surface area (Å²) in [6, 6.07) is 4.10. The van der Waals surface area contributed by atoms with Gasteiger partial charge in [-0.3, -0.25) is 0 Å². The molecule has 0 aromatic heterocycles. The van der Waals surface area contributed by atoms with Crippen molar-refractivity contribution in [2.45, 2.75) is 20.3 Å². The second-order valence-electron chi connectivity index (χ2n) is 3.43. The minimum atomic E-state index is 0.759. The van der Waals surface area contributed by atoms with Crippen molar-refractivity contribution in [2.24, 2.45) is 0 Å². The van der Waals surface area contributed by atoms with Gasteiger partial charge in [0.2, 0.25) is 0 Å². The monoisotopic (exact) mass is 178 g/mol. The molecule has 1 aromatic rings. The van der Waals surface area contributed by atoms with Gasteiger partial charge in [-0.05, 0) is 37.1 Å². The van der Waals surface area contributed by atoms with Crippen LogP contribution in [-0.2, 0) is 0 Å². The number of hydrogen-bond acceptors (Lipinski definition) is 2. The minimum absolute atomic E-state index is 0.759. The molecular formula is C11H14O2. The molecule has 70 valence electrons. The molecule has 0 saturated carbocycles. The van der Waals surface area contributed by atoms with Crippen molar-refractivity contribution in [1.29, 1.82) is 0 Å². The lowest BCUT2D eigenvalue weighted by Crippen LogP contribution is -1.97. The fourth-order valence-corrected chi connectivity index (χ4v) is 1.41. The van der Waals surface area contributed by atoms with Gasteiger partial charge in [-0.25, -0.2) is 0 Å². The molecule has 2 rings (SSSR count). The first-order valence-electron chi connectivity index (χ1n) is 4.64. The van der Waals surface area contributed by atoms with E-state index < -0.39 is 0 Å². The fraction of sp³-hybridized carbons (Fsp3) is 0.455. The van der Waals surface area contributed by atoms with Crippen LogP contribution in [0.1, 0.15) is 17.5 Å². The van der Waals surface area contributed by atoms with Crippen LogP contribution in [0.25, 0.3) is 0 Å². The van der Waals surface area contributed by atoms with Crippen LogP contribution < -0.4 is 9.47 Å². The summed E-state index contributed by atoms with van der Waals surface area (Å²) in [5.74, 6) is 1.78. The Hall–Kier alpha value is -1.18. The van der Waals surface area contributed by atoms with E-state index in [1.54, 1.807) is 0 Å². The second-order valence-corrected chi connectivity index (χ2v) is 3.43. The summed E-state index contributed by atoms with van der Waals surface area (Å²) in [4.78, 5) is 0. The number of ether oxygens (including phenoxy) is 2. The summed E-state index contributed by atoms with van der Waals surface area (Å²) >= 11 is 0. The van der Waals surface area contributed by atoms with E-state index >= 15 is 0 Å². The Morgan fingerprint density at radius 3 is 1.85 bits per heavy atom. The molecule has 2 heteroatoms. The third-order valence-electron chi connectivity index (χ3n) is 2.36. The molecule has 0 amide bonds. The summed E-state index contributed by atoms with van der Waals surface area (Å²) in [5.41, 5.74) is 2.51. The van der Waals surface area contributed by atoms with Gasteiger partial charge in [0.25, 0.3) is 0 Å². The summed E-state index contributed by atoms with van der Waals surface area (Å²) in [6.07, 6.45) is 0.965. The van der Waals surface area contributed by atoms with Gasteiger partial charge in [0, 0.05) is 6.42 Å². The van der Waals surface area contributed by atoms with E-state index in [0.717, 1.165) is 31.1 Å². The third kappa shape index (κ3) is 1.62. The van der Waals surface area contributed by atoms with Gasteiger partial charge in [0.15, 0.2) is 11.5 Å². The molecule has 0 bridgehead atoms. The second kappa shape index (κ2) is 3.29. The predicted octanol–water partition coefficient (Wildman–Crippen LogP) is 2.46. The van der Waals surface area contributed by atoms with Crippen molar-refractivity contribution in [1.82, 2.24) is 0 Å². The van der Waals surface area contributed by atoms with Crippen molar-refractivity contribution in [3.8, 4) is 11.5 Å². The Balaban J connectivity index is 2.43. The molecule has 0 unspecified atom stereocenters. The first kappa shape index (κ1) is 8.42. The third-order valence-corrected chi connectivity index (χ3v) is 2.36. The maximum Gasteiger partial charge on any atom is 0.161 e. The molecule has 0 atom stereocenters. The zero-order valence-electron chi connectivity index (χ0n) is 8.09. The van der Waals surface area contributed by atoms with E-state index in [-0.39, 0.29) is 0 Å².